The Balaban J connectivity index is 2.42. The van der Waals surface area contributed by atoms with Crippen LogP contribution in [0.5, 0.6) is 5.75 Å². The summed E-state index contributed by atoms with van der Waals surface area (Å²) in [5, 5.41) is 0. The minimum atomic E-state index is 0.156. The lowest BCUT2D eigenvalue weighted by Crippen LogP contribution is -2.00. The Morgan fingerprint density at radius 1 is 1.21 bits per heavy atom. The molecular weight excluding hydrogens is 415 g/mol. The predicted molar refractivity (Wildman–Crippen MR) is 92.3 cm³/mol. The minimum Gasteiger partial charge on any atom is -0.494 e. The fraction of sp³-hybridized carbons (Fsp3) is 0.250. The van der Waals surface area contributed by atoms with Crippen molar-refractivity contribution in [2.24, 2.45) is 0 Å². The van der Waals surface area contributed by atoms with E-state index in [0.717, 1.165) is 5.75 Å². The van der Waals surface area contributed by atoms with Gasteiger partial charge in [0.15, 0.2) is 0 Å². The van der Waals surface area contributed by atoms with Gasteiger partial charge in [0.25, 0.3) is 0 Å². The number of rotatable bonds is 4. The Hall–Kier alpha value is -0.550. The predicted octanol–water partition coefficient (Wildman–Crippen LogP) is 5.48. The zero-order valence-corrected chi connectivity index (χ0v) is 14.7. The van der Waals surface area contributed by atoms with Crippen LogP contribution in [0.1, 0.15) is 28.4 Å². The van der Waals surface area contributed by atoms with E-state index in [1.807, 2.05) is 6.92 Å². The standard InChI is InChI=1S/C16H16BrIO/c1-3-19-15-8-7-11(2)9-14(15)16(17)12-5-4-6-13(18)10-12/h4-10,16H,3H2,1-2H3. The van der Waals surface area contributed by atoms with Gasteiger partial charge < -0.3 is 4.74 Å². The van der Waals surface area contributed by atoms with E-state index in [4.69, 9.17) is 4.74 Å². The monoisotopic (exact) mass is 430 g/mol. The first kappa shape index (κ1) is 14.9. The lowest BCUT2D eigenvalue weighted by atomic mass is 10.0. The molecule has 0 spiro atoms. The first-order valence-corrected chi connectivity index (χ1v) is 8.24. The summed E-state index contributed by atoms with van der Waals surface area (Å²) < 4.78 is 6.97. The smallest absolute Gasteiger partial charge is 0.123 e. The van der Waals surface area contributed by atoms with Crippen LogP contribution in [0.15, 0.2) is 42.5 Å². The highest BCUT2D eigenvalue weighted by atomic mass is 127. The fourth-order valence-electron chi connectivity index (χ4n) is 2.00. The van der Waals surface area contributed by atoms with E-state index in [1.54, 1.807) is 0 Å². The van der Waals surface area contributed by atoms with Gasteiger partial charge in [0.2, 0.25) is 0 Å². The van der Waals surface area contributed by atoms with Crippen LogP contribution in [0.25, 0.3) is 0 Å². The number of aryl methyl sites for hydroxylation is 1. The van der Waals surface area contributed by atoms with Gasteiger partial charge >= 0.3 is 0 Å². The van der Waals surface area contributed by atoms with Crippen molar-refractivity contribution in [2.75, 3.05) is 6.61 Å². The second-order valence-electron chi connectivity index (χ2n) is 4.39. The fourth-order valence-corrected chi connectivity index (χ4v) is 3.21. The largest absolute Gasteiger partial charge is 0.494 e. The summed E-state index contributed by atoms with van der Waals surface area (Å²) in [6.45, 7) is 4.80. The molecule has 0 aliphatic rings. The number of hydrogen-bond acceptors (Lipinski definition) is 1. The second-order valence-corrected chi connectivity index (χ2v) is 6.55. The zero-order valence-electron chi connectivity index (χ0n) is 11.0. The van der Waals surface area contributed by atoms with Crippen molar-refractivity contribution in [1.29, 1.82) is 0 Å². The molecule has 1 atom stereocenters. The molecule has 2 aromatic rings. The van der Waals surface area contributed by atoms with E-state index in [9.17, 15) is 0 Å². The van der Waals surface area contributed by atoms with Gasteiger partial charge in [0, 0.05) is 9.13 Å². The molecule has 0 N–H and O–H groups in total. The quantitative estimate of drug-likeness (QED) is 0.460. The van der Waals surface area contributed by atoms with E-state index >= 15 is 0 Å². The molecule has 0 aromatic heterocycles. The Kier molecular flexibility index (Phi) is 5.28. The maximum absolute atomic E-state index is 5.73. The first-order chi connectivity index (χ1) is 9.11. The van der Waals surface area contributed by atoms with Gasteiger partial charge in [-0.3, -0.25) is 0 Å². The van der Waals surface area contributed by atoms with Gasteiger partial charge in [-0.05, 0) is 60.2 Å². The number of ether oxygens (including phenoxy) is 1. The molecule has 3 heteroatoms. The normalized spacial score (nSPS) is 12.2. The molecule has 0 amide bonds. The van der Waals surface area contributed by atoms with Crippen LogP contribution < -0.4 is 4.74 Å². The van der Waals surface area contributed by atoms with Crippen molar-refractivity contribution in [3.05, 3.63) is 62.7 Å². The summed E-state index contributed by atoms with van der Waals surface area (Å²) in [7, 11) is 0. The molecule has 0 aliphatic carbocycles. The second kappa shape index (κ2) is 6.75. The van der Waals surface area contributed by atoms with E-state index < -0.39 is 0 Å². The van der Waals surface area contributed by atoms with Crippen molar-refractivity contribution in [3.8, 4) is 5.75 Å². The summed E-state index contributed by atoms with van der Waals surface area (Å²) in [5.41, 5.74) is 3.68. The summed E-state index contributed by atoms with van der Waals surface area (Å²) in [5.74, 6) is 0.953. The SMILES string of the molecule is CCOc1ccc(C)cc1C(Br)c1cccc(I)c1. The lowest BCUT2D eigenvalue weighted by molar-refractivity contribution is 0.337. The Bertz CT molecular complexity index is 568. The van der Waals surface area contributed by atoms with Gasteiger partial charge in [-0.15, -0.1) is 0 Å². The van der Waals surface area contributed by atoms with Crippen molar-refractivity contribution in [2.45, 2.75) is 18.7 Å². The molecule has 0 saturated carbocycles. The van der Waals surface area contributed by atoms with Gasteiger partial charge in [-0.2, -0.15) is 0 Å². The van der Waals surface area contributed by atoms with Crippen LogP contribution in [0.4, 0.5) is 0 Å². The molecule has 0 aliphatic heterocycles. The summed E-state index contributed by atoms with van der Waals surface area (Å²) >= 11 is 6.14. The Labute approximate surface area is 136 Å². The number of alkyl halides is 1. The molecule has 0 bridgehead atoms. The first-order valence-electron chi connectivity index (χ1n) is 6.24. The summed E-state index contributed by atoms with van der Waals surface area (Å²) in [6, 6.07) is 14.8. The maximum Gasteiger partial charge on any atom is 0.123 e. The minimum absolute atomic E-state index is 0.156. The molecule has 2 aromatic carbocycles. The highest BCUT2D eigenvalue weighted by molar-refractivity contribution is 14.1. The molecule has 19 heavy (non-hydrogen) atoms. The van der Waals surface area contributed by atoms with Gasteiger partial charge in [0.1, 0.15) is 5.75 Å². The Morgan fingerprint density at radius 2 is 2.00 bits per heavy atom. The Morgan fingerprint density at radius 3 is 2.68 bits per heavy atom. The third-order valence-electron chi connectivity index (χ3n) is 2.88. The highest BCUT2D eigenvalue weighted by Crippen LogP contribution is 2.37. The molecular formula is C16H16BrIO. The van der Waals surface area contributed by atoms with Crippen LogP contribution in [0.2, 0.25) is 0 Å². The van der Waals surface area contributed by atoms with Gasteiger partial charge in [-0.1, -0.05) is 45.8 Å². The highest BCUT2D eigenvalue weighted by Gasteiger charge is 2.15. The maximum atomic E-state index is 5.73. The average molecular weight is 431 g/mol. The van der Waals surface area contributed by atoms with Crippen LogP contribution in [-0.2, 0) is 0 Å². The molecule has 0 saturated heterocycles. The molecule has 1 nitrogen and oxygen atoms in total. The van der Waals surface area contributed by atoms with E-state index in [2.05, 4.69) is 87.9 Å². The molecule has 0 fully saturated rings. The van der Waals surface area contributed by atoms with Crippen LogP contribution in [-0.4, -0.2) is 6.61 Å². The third-order valence-corrected chi connectivity index (χ3v) is 4.57. The molecule has 0 heterocycles. The van der Waals surface area contributed by atoms with E-state index in [-0.39, 0.29) is 4.83 Å². The summed E-state index contributed by atoms with van der Waals surface area (Å²) in [4.78, 5) is 0.156. The molecule has 0 radical (unpaired) electrons. The van der Waals surface area contributed by atoms with Crippen LogP contribution in [0, 0.1) is 10.5 Å². The molecule has 2 rings (SSSR count). The topological polar surface area (TPSA) is 9.23 Å². The number of hydrogen-bond donors (Lipinski definition) is 0. The molecule has 1 unspecified atom stereocenters. The lowest BCUT2D eigenvalue weighted by Gasteiger charge is -2.16. The van der Waals surface area contributed by atoms with Gasteiger partial charge in [-0.25, -0.2) is 0 Å². The average Bonchev–Trinajstić information content (AvgIpc) is 2.40. The third kappa shape index (κ3) is 3.72. The van der Waals surface area contributed by atoms with Crippen molar-refractivity contribution < 1.29 is 4.74 Å². The molecule has 100 valence electrons. The van der Waals surface area contributed by atoms with Crippen molar-refractivity contribution >= 4 is 38.5 Å². The van der Waals surface area contributed by atoms with Crippen LogP contribution >= 0.6 is 38.5 Å². The van der Waals surface area contributed by atoms with Crippen molar-refractivity contribution in [3.63, 3.8) is 0 Å². The summed E-state index contributed by atoms with van der Waals surface area (Å²) in [6.07, 6.45) is 0. The van der Waals surface area contributed by atoms with E-state index in [1.165, 1.54) is 20.3 Å². The number of benzene rings is 2. The van der Waals surface area contributed by atoms with Crippen molar-refractivity contribution in [1.82, 2.24) is 0 Å². The number of halogens is 2. The van der Waals surface area contributed by atoms with Gasteiger partial charge in [0.05, 0.1) is 11.4 Å². The van der Waals surface area contributed by atoms with Crippen LogP contribution in [0.3, 0.4) is 0 Å². The van der Waals surface area contributed by atoms with E-state index in [0.29, 0.717) is 6.61 Å². The zero-order chi connectivity index (χ0) is 13.8.